The topological polar surface area (TPSA) is 53.1 Å². The molecule has 0 unspecified atom stereocenters. The Morgan fingerprint density at radius 3 is 2.62 bits per heavy atom. The van der Waals surface area contributed by atoms with Gasteiger partial charge in [-0.05, 0) is 35.7 Å². The van der Waals surface area contributed by atoms with E-state index in [9.17, 15) is 9.90 Å². The van der Waals surface area contributed by atoms with E-state index in [1.165, 1.54) is 21.4 Å². The van der Waals surface area contributed by atoms with Crippen molar-refractivity contribution in [3.63, 3.8) is 0 Å². The van der Waals surface area contributed by atoms with Crippen LogP contribution in [-0.4, -0.2) is 16.1 Å². The molecule has 24 heavy (non-hydrogen) atoms. The maximum absolute atomic E-state index is 11.2. The summed E-state index contributed by atoms with van der Waals surface area (Å²) in [4.78, 5) is 16.6. The van der Waals surface area contributed by atoms with Crippen molar-refractivity contribution in [2.75, 3.05) is 0 Å². The second kappa shape index (κ2) is 6.09. The van der Waals surface area contributed by atoms with Gasteiger partial charge in [0.1, 0.15) is 0 Å². The van der Waals surface area contributed by atoms with Crippen molar-refractivity contribution < 1.29 is 9.90 Å². The average molecular weight is 374 g/mol. The van der Waals surface area contributed by atoms with Gasteiger partial charge in [0.15, 0.2) is 0 Å². The number of halogens is 1. The van der Waals surface area contributed by atoms with Gasteiger partial charge in [-0.1, -0.05) is 29.8 Å². The van der Waals surface area contributed by atoms with Crippen LogP contribution in [0.25, 0.3) is 31.1 Å². The number of thiophene rings is 2. The van der Waals surface area contributed by atoms with Gasteiger partial charge in [-0.15, -0.1) is 22.7 Å². The molecule has 4 aromatic rings. The highest BCUT2D eigenvalue weighted by Gasteiger charge is 2.16. The zero-order valence-corrected chi connectivity index (χ0v) is 14.8. The first-order valence-corrected chi connectivity index (χ1v) is 9.29. The number of carbonyl (C=O) groups is 1. The van der Waals surface area contributed by atoms with E-state index in [0.29, 0.717) is 10.0 Å². The Labute approximate surface area is 151 Å². The van der Waals surface area contributed by atoms with Crippen LogP contribution in [0.4, 0.5) is 0 Å². The number of benzene rings is 1. The molecular formula is C18H12ClNO2S2. The molecule has 0 amide bonds. The lowest BCUT2D eigenvalue weighted by Gasteiger charge is -1.98. The quantitative estimate of drug-likeness (QED) is 0.467. The van der Waals surface area contributed by atoms with Crippen LogP contribution < -0.4 is 0 Å². The van der Waals surface area contributed by atoms with Crippen molar-refractivity contribution >= 4 is 50.3 Å². The number of fused-ring (bicyclic) bond motifs is 1. The molecule has 1 aromatic carbocycles. The smallest absolute Gasteiger partial charge is 0.309 e. The van der Waals surface area contributed by atoms with E-state index in [2.05, 4.69) is 23.2 Å². The monoisotopic (exact) mass is 373 g/mol. The van der Waals surface area contributed by atoms with Crippen molar-refractivity contribution in [2.45, 2.75) is 6.42 Å². The molecule has 0 atom stereocenters. The Bertz CT molecular complexity index is 1010. The van der Waals surface area contributed by atoms with Crippen LogP contribution in [0.2, 0.25) is 4.34 Å². The predicted octanol–water partition coefficient (Wildman–Crippen LogP) is 5.91. The third-order valence-corrected chi connectivity index (χ3v) is 6.17. The number of H-pyrrole nitrogens is 1. The third-order valence-electron chi connectivity index (χ3n) is 3.76. The number of aliphatic carboxylic acids is 1. The van der Waals surface area contributed by atoms with Crippen molar-refractivity contribution in [3.05, 3.63) is 58.6 Å². The van der Waals surface area contributed by atoms with Gasteiger partial charge in [0.05, 0.1) is 21.3 Å². The lowest BCUT2D eigenvalue weighted by Crippen LogP contribution is -2.01. The molecule has 0 aliphatic rings. The minimum absolute atomic E-state index is 0.0459. The summed E-state index contributed by atoms with van der Waals surface area (Å²) >= 11 is 9.18. The van der Waals surface area contributed by atoms with Gasteiger partial charge in [0, 0.05) is 20.8 Å². The van der Waals surface area contributed by atoms with Crippen LogP contribution in [0.15, 0.2) is 48.5 Å². The fourth-order valence-corrected chi connectivity index (χ4v) is 4.84. The maximum atomic E-state index is 11.2. The van der Waals surface area contributed by atoms with Gasteiger partial charge in [-0.25, -0.2) is 0 Å². The SMILES string of the molecule is O=C(O)Cc1[nH]c(-c2cc3ccccc3s2)cc1-c1ccc(Cl)s1. The number of hydrogen-bond donors (Lipinski definition) is 2. The summed E-state index contributed by atoms with van der Waals surface area (Å²) in [6.45, 7) is 0. The molecule has 0 radical (unpaired) electrons. The first kappa shape index (κ1) is 15.4. The summed E-state index contributed by atoms with van der Waals surface area (Å²) in [7, 11) is 0. The zero-order valence-electron chi connectivity index (χ0n) is 12.4. The summed E-state index contributed by atoms with van der Waals surface area (Å²) in [6, 6.07) is 16.1. The number of carboxylic acids is 1. The van der Waals surface area contributed by atoms with Crippen molar-refractivity contribution in [1.82, 2.24) is 4.98 Å². The number of rotatable bonds is 4. The summed E-state index contributed by atoms with van der Waals surface area (Å²) in [5.41, 5.74) is 2.54. The van der Waals surface area contributed by atoms with Crippen LogP contribution in [0.1, 0.15) is 5.69 Å². The van der Waals surface area contributed by atoms with Crippen molar-refractivity contribution in [1.29, 1.82) is 0 Å². The number of hydrogen-bond acceptors (Lipinski definition) is 3. The highest BCUT2D eigenvalue weighted by Crippen LogP contribution is 2.39. The summed E-state index contributed by atoms with van der Waals surface area (Å²) in [5, 5.41) is 10.4. The van der Waals surface area contributed by atoms with Crippen LogP contribution in [0, 0.1) is 0 Å². The summed E-state index contributed by atoms with van der Waals surface area (Å²) in [6.07, 6.45) is -0.0459. The van der Waals surface area contributed by atoms with Crippen LogP contribution in [0.5, 0.6) is 0 Å². The molecule has 0 spiro atoms. The van der Waals surface area contributed by atoms with E-state index in [-0.39, 0.29) is 6.42 Å². The normalized spacial score (nSPS) is 11.2. The molecule has 3 heterocycles. The van der Waals surface area contributed by atoms with Gasteiger partial charge >= 0.3 is 5.97 Å². The summed E-state index contributed by atoms with van der Waals surface area (Å²) in [5.74, 6) is -0.858. The van der Waals surface area contributed by atoms with Crippen LogP contribution >= 0.6 is 34.3 Å². The van der Waals surface area contributed by atoms with E-state index in [1.54, 1.807) is 11.3 Å². The van der Waals surface area contributed by atoms with Gasteiger partial charge in [-0.2, -0.15) is 0 Å². The van der Waals surface area contributed by atoms with Gasteiger partial charge in [0.2, 0.25) is 0 Å². The Balaban J connectivity index is 1.84. The maximum Gasteiger partial charge on any atom is 0.309 e. The molecule has 0 fully saturated rings. The Morgan fingerprint density at radius 1 is 1.08 bits per heavy atom. The molecule has 0 aliphatic heterocycles. The molecule has 6 heteroatoms. The lowest BCUT2D eigenvalue weighted by molar-refractivity contribution is -0.136. The number of carboxylic acid groups (broad SMARTS) is 1. The number of aromatic nitrogens is 1. The van der Waals surface area contributed by atoms with Gasteiger partial charge in [-0.3, -0.25) is 4.79 Å². The largest absolute Gasteiger partial charge is 0.481 e. The third kappa shape index (κ3) is 2.86. The highest BCUT2D eigenvalue weighted by atomic mass is 35.5. The summed E-state index contributed by atoms with van der Waals surface area (Å²) < 4.78 is 1.90. The molecule has 0 saturated carbocycles. The minimum atomic E-state index is -0.858. The molecule has 3 aromatic heterocycles. The van der Waals surface area contributed by atoms with Crippen molar-refractivity contribution in [2.24, 2.45) is 0 Å². The molecule has 2 N–H and O–H groups in total. The number of nitrogens with one attached hydrogen (secondary N) is 1. The zero-order chi connectivity index (χ0) is 16.7. The second-order valence-corrected chi connectivity index (χ2v) is 8.20. The minimum Gasteiger partial charge on any atom is -0.481 e. The van der Waals surface area contributed by atoms with Gasteiger partial charge in [0.25, 0.3) is 0 Å². The Hall–Kier alpha value is -2.08. The van der Waals surface area contributed by atoms with E-state index in [1.807, 2.05) is 30.3 Å². The van der Waals surface area contributed by atoms with Crippen LogP contribution in [-0.2, 0) is 11.2 Å². The average Bonchev–Trinajstić information content (AvgIpc) is 3.23. The first-order valence-electron chi connectivity index (χ1n) is 7.28. The fraction of sp³-hybridized carbons (Fsp3) is 0.0556. The Kier molecular flexibility index (Phi) is 3.92. The molecule has 3 nitrogen and oxygen atoms in total. The lowest BCUT2D eigenvalue weighted by atomic mass is 10.1. The van der Waals surface area contributed by atoms with Crippen molar-refractivity contribution in [3.8, 4) is 21.0 Å². The fourth-order valence-electron chi connectivity index (χ4n) is 2.71. The highest BCUT2D eigenvalue weighted by molar-refractivity contribution is 7.22. The molecular weight excluding hydrogens is 362 g/mol. The molecule has 4 rings (SSSR count). The van der Waals surface area contributed by atoms with E-state index >= 15 is 0 Å². The van der Waals surface area contributed by atoms with Gasteiger partial charge < -0.3 is 10.1 Å². The van der Waals surface area contributed by atoms with E-state index in [4.69, 9.17) is 11.6 Å². The number of aromatic amines is 1. The molecule has 0 bridgehead atoms. The molecule has 0 saturated heterocycles. The van der Waals surface area contributed by atoms with E-state index < -0.39 is 5.97 Å². The van der Waals surface area contributed by atoms with E-state index in [0.717, 1.165) is 21.0 Å². The first-order chi connectivity index (χ1) is 11.6. The second-order valence-electron chi connectivity index (χ2n) is 5.40. The Morgan fingerprint density at radius 2 is 1.92 bits per heavy atom. The van der Waals surface area contributed by atoms with Crippen LogP contribution in [0.3, 0.4) is 0 Å². The standard InChI is InChI=1S/C18H12ClNO2S2/c19-17-6-5-15(24-17)11-8-13(20-12(11)9-18(21)22)16-7-10-3-1-2-4-14(10)23-16/h1-8,20H,9H2,(H,21,22). The predicted molar refractivity (Wildman–Crippen MR) is 101 cm³/mol. The molecule has 0 aliphatic carbocycles. The molecule has 120 valence electrons.